The van der Waals surface area contributed by atoms with Crippen molar-refractivity contribution in [2.75, 3.05) is 7.05 Å². The van der Waals surface area contributed by atoms with Crippen molar-refractivity contribution in [3.63, 3.8) is 0 Å². The van der Waals surface area contributed by atoms with Gasteiger partial charge in [0, 0.05) is 9.75 Å². The molecule has 0 saturated heterocycles. The molecule has 0 saturated carbocycles. The smallest absolute Gasteiger partial charge is 0.126 e. The van der Waals surface area contributed by atoms with Crippen LogP contribution >= 0.6 is 11.3 Å². The van der Waals surface area contributed by atoms with Gasteiger partial charge >= 0.3 is 0 Å². The molecule has 0 fully saturated rings. The van der Waals surface area contributed by atoms with E-state index in [1.807, 2.05) is 31.4 Å². The van der Waals surface area contributed by atoms with E-state index in [0.29, 0.717) is 0 Å². The first kappa shape index (κ1) is 12.0. The third kappa shape index (κ3) is 2.13. The average molecular weight is 261 g/mol. The van der Waals surface area contributed by atoms with Crippen LogP contribution < -0.4 is 5.32 Å². The molecule has 0 spiro atoms. The number of rotatable bonds is 3. The molecule has 1 unspecified atom stereocenters. The van der Waals surface area contributed by atoms with Gasteiger partial charge in [0.25, 0.3) is 0 Å². The van der Waals surface area contributed by atoms with Crippen molar-refractivity contribution in [1.82, 2.24) is 5.32 Å². The van der Waals surface area contributed by atoms with Gasteiger partial charge in [0.05, 0.1) is 0 Å². The summed E-state index contributed by atoms with van der Waals surface area (Å²) in [5.74, 6) is 2.00. The van der Waals surface area contributed by atoms with Gasteiger partial charge in [-0.05, 0) is 63.4 Å². The zero-order chi connectivity index (χ0) is 12.5. The highest BCUT2D eigenvalue weighted by Gasteiger charge is 2.21. The summed E-state index contributed by atoms with van der Waals surface area (Å²) < 4.78 is 5.77. The first-order valence-corrected chi connectivity index (χ1v) is 7.44. The van der Waals surface area contributed by atoms with Crippen LogP contribution in [0.2, 0.25) is 0 Å². The van der Waals surface area contributed by atoms with E-state index in [4.69, 9.17) is 4.42 Å². The molecule has 0 amide bonds. The molecule has 2 aromatic rings. The summed E-state index contributed by atoms with van der Waals surface area (Å²) in [6, 6.07) is 6.69. The summed E-state index contributed by atoms with van der Waals surface area (Å²) in [6.45, 7) is 2.00. The molecule has 3 rings (SSSR count). The molecule has 1 N–H and O–H groups in total. The molecular formula is C15H19NOS. The van der Waals surface area contributed by atoms with E-state index in [9.17, 15) is 0 Å². The van der Waals surface area contributed by atoms with Crippen molar-refractivity contribution < 1.29 is 4.42 Å². The van der Waals surface area contributed by atoms with Crippen molar-refractivity contribution >= 4 is 11.3 Å². The summed E-state index contributed by atoms with van der Waals surface area (Å²) in [7, 11) is 2.00. The number of furan rings is 1. The van der Waals surface area contributed by atoms with Crippen molar-refractivity contribution in [1.29, 1.82) is 0 Å². The van der Waals surface area contributed by atoms with Crippen molar-refractivity contribution in [3.8, 4) is 0 Å². The molecule has 3 heteroatoms. The highest BCUT2D eigenvalue weighted by Crippen LogP contribution is 2.35. The fourth-order valence-electron chi connectivity index (χ4n) is 2.69. The molecule has 0 bridgehead atoms. The van der Waals surface area contributed by atoms with Gasteiger partial charge in [-0.15, -0.1) is 11.3 Å². The van der Waals surface area contributed by atoms with Gasteiger partial charge in [-0.2, -0.15) is 0 Å². The van der Waals surface area contributed by atoms with E-state index < -0.39 is 0 Å². The first-order chi connectivity index (χ1) is 8.78. The number of hydrogen-bond acceptors (Lipinski definition) is 3. The van der Waals surface area contributed by atoms with Gasteiger partial charge in [-0.1, -0.05) is 0 Å². The van der Waals surface area contributed by atoms with Gasteiger partial charge in [-0.3, -0.25) is 0 Å². The maximum absolute atomic E-state index is 5.77. The summed E-state index contributed by atoms with van der Waals surface area (Å²) >= 11 is 1.95. The van der Waals surface area contributed by atoms with Crippen LogP contribution in [0, 0.1) is 6.92 Å². The van der Waals surface area contributed by atoms with E-state index in [1.165, 1.54) is 30.6 Å². The van der Waals surface area contributed by atoms with Crippen molar-refractivity contribution in [3.05, 3.63) is 45.0 Å². The molecule has 18 heavy (non-hydrogen) atoms. The number of hydrogen-bond donors (Lipinski definition) is 1. The topological polar surface area (TPSA) is 25.2 Å². The van der Waals surface area contributed by atoms with Crippen molar-refractivity contribution in [2.45, 2.75) is 38.6 Å². The van der Waals surface area contributed by atoms with Crippen LogP contribution in [0.3, 0.4) is 0 Å². The fraction of sp³-hybridized carbons (Fsp3) is 0.467. The third-order valence-electron chi connectivity index (χ3n) is 3.63. The van der Waals surface area contributed by atoms with E-state index in [0.717, 1.165) is 11.5 Å². The fourth-order valence-corrected chi connectivity index (χ4v) is 4.07. The Morgan fingerprint density at radius 3 is 2.78 bits per heavy atom. The molecule has 0 aromatic carbocycles. The zero-order valence-corrected chi connectivity index (χ0v) is 11.8. The Labute approximate surface area is 112 Å². The normalized spacial score (nSPS) is 16.6. The molecule has 0 radical (unpaired) electrons. The maximum atomic E-state index is 5.77. The highest BCUT2D eigenvalue weighted by molar-refractivity contribution is 7.12. The minimum absolute atomic E-state index is 0.203. The lowest BCUT2D eigenvalue weighted by atomic mass is 9.98. The molecule has 1 aliphatic carbocycles. The Hall–Kier alpha value is -1.06. The summed E-state index contributed by atoms with van der Waals surface area (Å²) in [4.78, 5) is 2.97. The number of aryl methyl sites for hydroxylation is 3. The van der Waals surface area contributed by atoms with E-state index in [-0.39, 0.29) is 6.04 Å². The molecule has 1 aliphatic rings. The Morgan fingerprint density at radius 2 is 2.11 bits per heavy atom. The lowest BCUT2D eigenvalue weighted by molar-refractivity contribution is 0.446. The quantitative estimate of drug-likeness (QED) is 0.908. The lowest BCUT2D eigenvalue weighted by Gasteiger charge is -2.11. The number of fused-ring (bicyclic) bond motifs is 1. The van der Waals surface area contributed by atoms with E-state index >= 15 is 0 Å². The van der Waals surface area contributed by atoms with Gasteiger partial charge in [0.15, 0.2) is 0 Å². The van der Waals surface area contributed by atoms with E-state index in [1.54, 1.807) is 10.4 Å². The lowest BCUT2D eigenvalue weighted by Crippen LogP contribution is -2.15. The molecule has 2 aromatic heterocycles. The predicted octanol–water partition coefficient (Wildman–Crippen LogP) is 3.84. The van der Waals surface area contributed by atoms with E-state index in [2.05, 4.69) is 17.4 Å². The van der Waals surface area contributed by atoms with Gasteiger partial charge in [-0.25, -0.2) is 0 Å². The minimum Gasteiger partial charge on any atom is -0.464 e. The highest BCUT2D eigenvalue weighted by atomic mass is 32.1. The first-order valence-electron chi connectivity index (χ1n) is 6.63. The summed E-state index contributed by atoms with van der Waals surface area (Å²) in [5.41, 5.74) is 1.56. The standard InChI is InChI=1S/C15H19NOS/c1-10-7-8-12(17-10)15(16-2)14-9-11-5-3-4-6-13(11)18-14/h7-9,15-16H,3-6H2,1-2H3. The molecule has 2 heterocycles. The predicted molar refractivity (Wildman–Crippen MR) is 75.3 cm³/mol. The Kier molecular flexibility index (Phi) is 3.27. The monoisotopic (exact) mass is 261 g/mol. The third-order valence-corrected chi connectivity index (χ3v) is 4.94. The Balaban J connectivity index is 1.94. The van der Waals surface area contributed by atoms with Crippen molar-refractivity contribution in [2.24, 2.45) is 0 Å². The largest absolute Gasteiger partial charge is 0.464 e. The minimum atomic E-state index is 0.203. The second-order valence-corrected chi connectivity index (χ2v) is 6.14. The van der Waals surface area contributed by atoms with Crippen LogP contribution in [0.1, 0.15) is 45.7 Å². The Morgan fingerprint density at radius 1 is 1.28 bits per heavy atom. The van der Waals surface area contributed by atoms with Crippen LogP contribution in [-0.4, -0.2) is 7.05 Å². The number of thiophene rings is 1. The summed E-state index contributed by atoms with van der Waals surface area (Å²) in [5, 5.41) is 3.37. The zero-order valence-electron chi connectivity index (χ0n) is 11.0. The van der Waals surface area contributed by atoms with Crippen LogP contribution in [0.25, 0.3) is 0 Å². The molecule has 1 atom stereocenters. The van der Waals surface area contributed by atoms with Crippen LogP contribution in [0.5, 0.6) is 0 Å². The van der Waals surface area contributed by atoms with Gasteiger partial charge in [0.2, 0.25) is 0 Å². The van der Waals surface area contributed by atoms with Crippen LogP contribution in [0.15, 0.2) is 22.6 Å². The second kappa shape index (κ2) is 4.90. The van der Waals surface area contributed by atoms with Gasteiger partial charge in [0.1, 0.15) is 17.6 Å². The molecule has 2 nitrogen and oxygen atoms in total. The SMILES string of the molecule is CNC(c1ccc(C)o1)c1cc2c(s1)CCCC2. The molecular weight excluding hydrogens is 242 g/mol. The molecule has 96 valence electrons. The summed E-state index contributed by atoms with van der Waals surface area (Å²) in [6.07, 6.45) is 5.19. The van der Waals surface area contributed by atoms with Crippen LogP contribution in [-0.2, 0) is 12.8 Å². The van der Waals surface area contributed by atoms with Crippen LogP contribution in [0.4, 0.5) is 0 Å². The maximum Gasteiger partial charge on any atom is 0.126 e. The average Bonchev–Trinajstić information content (AvgIpc) is 2.96. The van der Waals surface area contributed by atoms with Gasteiger partial charge < -0.3 is 9.73 Å². The Bertz CT molecular complexity index is 517. The molecule has 0 aliphatic heterocycles. The second-order valence-electron chi connectivity index (χ2n) is 4.97. The number of nitrogens with one attached hydrogen (secondary N) is 1.